The van der Waals surface area contributed by atoms with Crippen molar-refractivity contribution in [3.63, 3.8) is 0 Å². The molecule has 3 heteroatoms. The molecule has 0 saturated heterocycles. The lowest BCUT2D eigenvalue weighted by molar-refractivity contribution is 0.306. The molecule has 3 aromatic rings. The van der Waals surface area contributed by atoms with E-state index in [1.54, 1.807) is 6.21 Å². The Bertz CT molecular complexity index is 810. The van der Waals surface area contributed by atoms with Crippen molar-refractivity contribution >= 4 is 18.0 Å². The smallest absolute Gasteiger partial charge is 0.119 e. The maximum Gasteiger partial charge on any atom is 0.119 e. The van der Waals surface area contributed by atoms with Crippen molar-refractivity contribution < 1.29 is 4.74 Å². The first kappa shape index (κ1) is 16.5. The van der Waals surface area contributed by atoms with Crippen LogP contribution in [0.5, 0.6) is 5.75 Å². The largest absolute Gasteiger partial charge is 0.489 e. The predicted octanol–water partition coefficient (Wildman–Crippen LogP) is 5.38. The van der Waals surface area contributed by atoms with Crippen molar-refractivity contribution in [3.05, 3.63) is 102 Å². The summed E-state index contributed by atoms with van der Waals surface area (Å²) in [5, 5.41) is 4.18. The SMILES string of the molecule is C(=Cc1ccccc1)C=NNc1ccc(OCc2ccccc2)cc1. The van der Waals surface area contributed by atoms with Crippen molar-refractivity contribution in [2.75, 3.05) is 5.43 Å². The maximum atomic E-state index is 5.76. The zero-order chi connectivity index (χ0) is 17.2. The zero-order valence-corrected chi connectivity index (χ0v) is 13.9. The number of ether oxygens (including phenoxy) is 1. The third-order valence-electron chi connectivity index (χ3n) is 3.55. The van der Waals surface area contributed by atoms with E-state index in [4.69, 9.17) is 4.74 Å². The van der Waals surface area contributed by atoms with Crippen molar-refractivity contribution in [2.24, 2.45) is 5.10 Å². The minimum Gasteiger partial charge on any atom is -0.489 e. The molecule has 0 heterocycles. The summed E-state index contributed by atoms with van der Waals surface area (Å²) in [5.41, 5.74) is 6.21. The van der Waals surface area contributed by atoms with Gasteiger partial charge in [0.15, 0.2) is 0 Å². The third-order valence-corrected chi connectivity index (χ3v) is 3.55. The van der Waals surface area contributed by atoms with Crippen LogP contribution >= 0.6 is 0 Å². The van der Waals surface area contributed by atoms with Gasteiger partial charge in [0.25, 0.3) is 0 Å². The van der Waals surface area contributed by atoms with Crippen LogP contribution in [-0.4, -0.2) is 6.21 Å². The number of hydrogen-bond donors (Lipinski definition) is 1. The molecule has 0 fully saturated rings. The molecule has 3 rings (SSSR count). The Morgan fingerprint density at radius 1 is 0.800 bits per heavy atom. The lowest BCUT2D eigenvalue weighted by Crippen LogP contribution is -1.95. The Morgan fingerprint density at radius 3 is 2.20 bits per heavy atom. The lowest BCUT2D eigenvalue weighted by atomic mass is 10.2. The van der Waals surface area contributed by atoms with Gasteiger partial charge in [0.2, 0.25) is 0 Å². The second-order valence-electron chi connectivity index (χ2n) is 5.46. The number of nitrogens with zero attached hydrogens (tertiary/aromatic N) is 1. The molecular weight excluding hydrogens is 308 g/mol. The van der Waals surface area contributed by atoms with Crippen LogP contribution in [0.1, 0.15) is 11.1 Å². The van der Waals surface area contributed by atoms with E-state index in [1.807, 2.05) is 97.1 Å². The summed E-state index contributed by atoms with van der Waals surface area (Å²) in [6.45, 7) is 0.566. The Balaban J connectivity index is 1.46. The second kappa shape index (κ2) is 9.08. The van der Waals surface area contributed by atoms with Crippen molar-refractivity contribution in [2.45, 2.75) is 6.61 Å². The summed E-state index contributed by atoms with van der Waals surface area (Å²) in [6.07, 6.45) is 5.64. The van der Waals surface area contributed by atoms with E-state index in [-0.39, 0.29) is 0 Å². The molecule has 3 aromatic carbocycles. The summed E-state index contributed by atoms with van der Waals surface area (Å²) >= 11 is 0. The van der Waals surface area contributed by atoms with Gasteiger partial charge in [-0.3, -0.25) is 5.43 Å². The molecule has 124 valence electrons. The summed E-state index contributed by atoms with van der Waals surface area (Å²) in [4.78, 5) is 0. The van der Waals surface area contributed by atoms with Crippen LogP contribution in [0.15, 0.2) is 96.1 Å². The molecule has 0 aliphatic rings. The van der Waals surface area contributed by atoms with Gasteiger partial charge in [-0.15, -0.1) is 0 Å². The highest BCUT2D eigenvalue weighted by molar-refractivity contribution is 5.78. The summed E-state index contributed by atoms with van der Waals surface area (Å²) in [7, 11) is 0. The van der Waals surface area contributed by atoms with Gasteiger partial charge in [-0.25, -0.2) is 0 Å². The van der Waals surface area contributed by atoms with Gasteiger partial charge in [0.05, 0.1) is 5.69 Å². The molecule has 0 saturated carbocycles. The molecule has 0 spiro atoms. The van der Waals surface area contributed by atoms with E-state index in [1.165, 1.54) is 0 Å². The molecule has 25 heavy (non-hydrogen) atoms. The van der Waals surface area contributed by atoms with Gasteiger partial charge in [-0.2, -0.15) is 5.10 Å². The van der Waals surface area contributed by atoms with Gasteiger partial charge in [0.1, 0.15) is 12.4 Å². The van der Waals surface area contributed by atoms with Crippen LogP contribution in [0, 0.1) is 0 Å². The average Bonchev–Trinajstić information content (AvgIpc) is 2.69. The number of rotatable bonds is 7. The van der Waals surface area contributed by atoms with Crippen LogP contribution in [0.3, 0.4) is 0 Å². The van der Waals surface area contributed by atoms with Gasteiger partial charge in [-0.1, -0.05) is 66.7 Å². The summed E-state index contributed by atoms with van der Waals surface area (Å²) in [5.74, 6) is 0.836. The highest BCUT2D eigenvalue weighted by Gasteiger charge is 1.96. The monoisotopic (exact) mass is 328 g/mol. The lowest BCUT2D eigenvalue weighted by Gasteiger charge is -2.07. The topological polar surface area (TPSA) is 33.6 Å². The first-order valence-corrected chi connectivity index (χ1v) is 8.18. The van der Waals surface area contributed by atoms with Gasteiger partial charge >= 0.3 is 0 Å². The highest BCUT2D eigenvalue weighted by atomic mass is 16.5. The minimum absolute atomic E-state index is 0.566. The normalized spacial score (nSPS) is 11.0. The fourth-order valence-corrected chi connectivity index (χ4v) is 2.24. The highest BCUT2D eigenvalue weighted by Crippen LogP contribution is 2.17. The second-order valence-corrected chi connectivity index (χ2v) is 5.46. The standard InChI is InChI=1S/C22H20N2O/c1-3-8-19(9-4-1)12-7-17-23-24-21-13-15-22(16-14-21)25-18-20-10-5-2-6-11-20/h1-17,24H,18H2. The van der Waals surface area contributed by atoms with Gasteiger partial charge in [-0.05, 0) is 41.5 Å². The Kier molecular flexibility index (Phi) is 6.01. The number of hydrogen-bond acceptors (Lipinski definition) is 3. The molecule has 0 aromatic heterocycles. The van der Waals surface area contributed by atoms with Gasteiger partial charge in [0, 0.05) is 6.21 Å². The third kappa shape index (κ3) is 5.66. The van der Waals surface area contributed by atoms with Crippen LogP contribution in [-0.2, 0) is 6.61 Å². The fourth-order valence-electron chi connectivity index (χ4n) is 2.24. The Morgan fingerprint density at radius 2 is 1.48 bits per heavy atom. The van der Waals surface area contributed by atoms with Crippen molar-refractivity contribution in [3.8, 4) is 5.75 Å². The average molecular weight is 328 g/mol. The van der Waals surface area contributed by atoms with Crippen molar-refractivity contribution in [1.82, 2.24) is 0 Å². The number of hydrazone groups is 1. The first-order valence-electron chi connectivity index (χ1n) is 8.18. The molecule has 0 atom stereocenters. The zero-order valence-electron chi connectivity index (χ0n) is 13.9. The predicted molar refractivity (Wildman–Crippen MR) is 105 cm³/mol. The maximum absolute atomic E-state index is 5.76. The molecule has 0 bridgehead atoms. The number of benzene rings is 3. The molecule has 1 N–H and O–H groups in total. The number of nitrogens with one attached hydrogen (secondary N) is 1. The van der Waals surface area contributed by atoms with Crippen LogP contribution in [0.25, 0.3) is 6.08 Å². The van der Waals surface area contributed by atoms with Crippen LogP contribution in [0.4, 0.5) is 5.69 Å². The fraction of sp³-hybridized carbons (Fsp3) is 0.0455. The molecular formula is C22H20N2O. The number of allylic oxidation sites excluding steroid dienone is 1. The molecule has 0 radical (unpaired) electrons. The summed E-state index contributed by atoms with van der Waals surface area (Å²) < 4.78 is 5.76. The van der Waals surface area contributed by atoms with Crippen LogP contribution < -0.4 is 10.2 Å². The molecule has 3 nitrogen and oxygen atoms in total. The van der Waals surface area contributed by atoms with Gasteiger partial charge < -0.3 is 4.74 Å². The summed E-state index contributed by atoms with van der Waals surface area (Å²) in [6, 6.07) is 28.0. The Labute approximate surface area is 148 Å². The molecule has 0 aliphatic carbocycles. The number of anilines is 1. The quantitative estimate of drug-likeness (QED) is 0.467. The van der Waals surface area contributed by atoms with E-state index in [9.17, 15) is 0 Å². The molecule has 0 unspecified atom stereocenters. The molecule has 0 amide bonds. The van der Waals surface area contributed by atoms with E-state index in [0.29, 0.717) is 6.61 Å². The van der Waals surface area contributed by atoms with Crippen molar-refractivity contribution in [1.29, 1.82) is 0 Å². The van der Waals surface area contributed by atoms with E-state index >= 15 is 0 Å². The Hall–Kier alpha value is -3.33. The minimum atomic E-state index is 0.566. The molecule has 0 aliphatic heterocycles. The van der Waals surface area contributed by atoms with E-state index in [2.05, 4.69) is 10.5 Å². The van der Waals surface area contributed by atoms with E-state index < -0.39 is 0 Å². The first-order chi connectivity index (χ1) is 12.4. The van der Waals surface area contributed by atoms with E-state index in [0.717, 1.165) is 22.6 Å². The van der Waals surface area contributed by atoms with Crippen LogP contribution in [0.2, 0.25) is 0 Å².